The zero-order valence-corrected chi connectivity index (χ0v) is 12.4. The Hall–Kier alpha value is -2.43. The van der Waals surface area contributed by atoms with Crippen LogP contribution in [0.15, 0.2) is 24.3 Å². The third kappa shape index (κ3) is 2.46. The maximum absolute atomic E-state index is 12.2. The highest BCUT2D eigenvalue weighted by Gasteiger charge is 2.16. The number of amides is 1. The highest BCUT2D eigenvalue weighted by molar-refractivity contribution is 5.94. The van der Waals surface area contributed by atoms with Crippen LogP contribution >= 0.6 is 0 Å². The van der Waals surface area contributed by atoms with Gasteiger partial charge < -0.3 is 19.4 Å². The van der Waals surface area contributed by atoms with E-state index < -0.39 is 0 Å². The van der Waals surface area contributed by atoms with Crippen molar-refractivity contribution >= 4 is 5.91 Å². The summed E-state index contributed by atoms with van der Waals surface area (Å²) in [5, 5.41) is 2.94. The number of nitrogens with zero attached hydrogens (tertiary/aromatic N) is 1. The monoisotopic (exact) mass is 286 g/mol. The molecule has 1 N–H and O–H groups in total. The number of hydrogen-bond donors (Lipinski definition) is 1. The largest absolute Gasteiger partial charge is 0.454 e. The van der Waals surface area contributed by atoms with Crippen molar-refractivity contribution in [3.05, 3.63) is 46.8 Å². The number of hydrogen-bond acceptors (Lipinski definition) is 3. The van der Waals surface area contributed by atoms with E-state index >= 15 is 0 Å². The Labute approximate surface area is 123 Å². The van der Waals surface area contributed by atoms with E-state index in [0.717, 1.165) is 5.56 Å². The van der Waals surface area contributed by atoms with Crippen molar-refractivity contribution in [1.29, 1.82) is 0 Å². The van der Waals surface area contributed by atoms with Gasteiger partial charge in [0.05, 0.1) is 0 Å². The first-order valence-electron chi connectivity index (χ1n) is 6.86. The maximum Gasteiger partial charge on any atom is 0.251 e. The standard InChI is InChI=1S/C16H18N2O3/c1-10-6-13(11(2)18(10)3)8-17-16(19)12-4-5-14-15(7-12)21-9-20-14/h4-7H,8-9H2,1-3H3,(H,17,19). The lowest BCUT2D eigenvalue weighted by molar-refractivity contribution is 0.0950. The van der Waals surface area contributed by atoms with Crippen LogP contribution in [-0.4, -0.2) is 17.3 Å². The molecular weight excluding hydrogens is 268 g/mol. The SMILES string of the molecule is Cc1cc(CNC(=O)c2ccc3c(c2)OCO3)c(C)n1C. The van der Waals surface area contributed by atoms with Gasteiger partial charge in [-0.1, -0.05) is 0 Å². The number of rotatable bonds is 3. The minimum Gasteiger partial charge on any atom is -0.454 e. The summed E-state index contributed by atoms with van der Waals surface area (Å²) in [6.07, 6.45) is 0. The second-order valence-corrected chi connectivity index (χ2v) is 5.21. The van der Waals surface area contributed by atoms with Gasteiger partial charge >= 0.3 is 0 Å². The number of aromatic nitrogens is 1. The molecule has 0 spiro atoms. The first kappa shape index (κ1) is 13.5. The molecule has 1 aliphatic heterocycles. The van der Waals surface area contributed by atoms with Gasteiger partial charge in [0, 0.05) is 30.5 Å². The molecule has 3 rings (SSSR count). The molecule has 0 atom stereocenters. The van der Waals surface area contributed by atoms with Crippen LogP contribution in [0.5, 0.6) is 11.5 Å². The number of ether oxygens (including phenoxy) is 2. The third-order valence-corrected chi connectivity index (χ3v) is 3.95. The summed E-state index contributed by atoms with van der Waals surface area (Å²) in [5.41, 5.74) is 4.05. The molecule has 0 bridgehead atoms. The normalized spacial score (nSPS) is 12.5. The summed E-state index contributed by atoms with van der Waals surface area (Å²) in [4.78, 5) is 12.2. The van der Waals surface area contributed by atoms with Gasteiger partial charge in [-0.3, -0.25) is 4.79 Å². The first-order valence-corrected chi connectivity index (χ1v) is 6.86. The molecular formula is C16H18N2O3. The smallest absolute Gasteiger partial charge is 0.251 e. The molecule has 0 aliphatic carbocycles. The van der Waals surface area contributed by atoms with E-state index in [4.69, 9.17) is 9.47 Å². The zero-order valence-electron chi connectivity index (χ0n) is 12.4. The van der Waals surface area contributed by atoms with E-state index in [1.165, 1.54) is 11.4 Å². The number of nitrogens with one attached hydrogen (secondary N) is 1. The molecule has 0 saturated carbocycles. The van der Waals surface area contributed by atoms with Crippen molar-refractivity contribution in [1.82, 2.24) is 9.88 Å². The highest BCUT2D eigenvalue weighted by atomic mass is 16.7. The predicted molar refractivity (Wildman–Crippen MR) is 78.6 cm³/mol. The Balaban J connectivity index is 1.70. The van der Waals surface area contributed by atoms with E-state index in [1.807, 2.05) is 7.05 Å². The summed E-state index contributed by atoms with van der Waals surface area (Å²) in [6, 6.07) is 7.30. The summed E-state index contributed by atoms with van der Waals surface area (Å²) >= 11 is 0. The van der Waals surface area contributed by atoms with Gasteiger partial charge in [-0.2, -0.15) is 0 Å². The van der Waals surface area contributed by atoms with E-state index in [-0.39, 0.29) is 12.7 Å². The Bertz CT molecular complexity index is 704. The van der Waals surface area contributed by atoms with Crippen molar-refractivity contribution in [2.75, 3.05) is 6.79 Å². The fourth-order valence-corrected chi connectivity index (χ4v) is 2.43. The molecule has 1 aromatic heterocycles. The highest BCUT2D eigenvalue weighted by Crippen LogP contribution is 2.32. The molecule has 5 nitrogen and oxygen atoms in total. The van der Waals surface area contributed by atoms with Crippen molar-refractivity contribution < 1.29 is 14.3 Å². The van der Waals surface area contributed by atoms with Crippen molar-refractivity contribution in [2.24, 2.45) is 7.05 Å². The molecule has 1 amide bonds. The van der Waals surface area contributed by atoms with Crippen LogP contribution < -0.4 is 14.8 Å². The van der Waals surface area contributed by atoms with Crippen LogP contribution in [0.1, 0.15) is 27.3 Å². The van der Waals surface area contributed by atoms with Gasteiger partial charge in [-0.25, -0.2) is 0 Å². The predicted octanol–water partition coefficient (Wildman–Crippen LogP) is 2.30. The molecule has 110 valence electrons. The fraction of sp³-hybridized carbons (Fsp3) is 0.312. The summed E-state index contributed by atoms with van der Waals surface area (Å²) < 4.78 is 12.6. The first-order chi connectivity index (χ1) is 10.1. The zero-order chi connectivity index (χ0) is 15.0. The Morgan fingerprint density at radius 1 is 1.24 bits per heavy atom. The van der Waals surface area contributed by atoms with E-state index in [9.17, 15) is 4.79 Å². The van der Waals surface area contributed by atoms with E-state index in [2.05, 4.69) is 29.8 Å². The van der Waals surface area contributed by atoms with Gasteiger partial charge in [0.25, 0.3) is 5.91 Å². The molecule has 0 radical (unpaired) electrons. The Kier molecular flexibility index (Phi) is 3.33. The Morgan fingerprint density at radius 3 is 2.71 bits per heavy atom. The van der Waals surface area contributed by atoms with Crippen molar-refractivity contribution in [2.45, 2.75) is 20.4 Å². The van der Waals surface area contributed by atoms with Crippen molar-refractivity contribution in [3.63, 3.8) is 0 Å². The minimum atomic E-state index is -0.116. The van der Waals surface area contributed by atoms with Crippen LogP contribution in [0.4, 0.5) is 0 Å². The molecule has 21 heavy (non-hydrogen) atoms. The average Bonchev–Trinajstić information content (AvgIpc) is 3.04. The quantitative estimate of drug-likeness (QED) is 0.942. The third-order valence-electron chi connectivity index (χ3n) is 3.95. The lowest BCUT2D eigenvalue weighted by Crippen LogP contribution is -2.23. The lowest BCUT2D eigenvalue weighted by atomic mass is 10.2. The molecule has 2 aromatic rings. The van der Waals surface area contributed by atoms with E-state index in [1.54, 1.807) is 18.2 Å². The number of carbonyl (C=O) groups excluding carboxylic acids is 1. The van der Waals surface area contributed by atoms with Crippen LogP contribution in [0.2, 0.25) is 0 Å². The van der Waals surface area contributed by atoms with Crippen LogP contribution in [0.25, 0.3) is 0 Å². The maximum atomic E-state index is 12.2. The average molecular weight is 286 g/mol. The minimum absolute atomic E-state index is 0.116. The second-order valence-electron chi connectivity index (χ2n) is 5.21. The molecule has 1 aliphatic rings. The van der Waals surface area contributed by atoms with Gasteiger partial charge in [0.1, 0.15) is 0 Å². The molecule has 0 saturated heterocycles. The van der Waals surface area contributed by atoms with Gasteiger partial charge in [0.2, 0.25) is 6.79 Å². The molecule has 2 heterocycles. The van der Waals surface area contributed by atoms with Gasteiger partial charge in [-0.15, -0.1) is 0 Å². The second kappa shape index (κ2) is 5.16. The van der Waals surface area contributed by atoms with Crippen LogP contribution in [0, 0.1) is 13.8 Å². The van der Waals surface area contributed by atoms with Gasteiger partial charge in [0.15, 0.2) is 11.5 Å². The summed E-state index contributed by atoms with van der Waals surface area (Å²) in [7, 11) is 2.02. The Morgan fingerprint density at radius 2 is 2.00 bits per heavy atom. The molecule has 5 heteroatoms. The fourth-order valence-electron chi connectivity index (χ4n) is 2.43. The summed E-state index contributed by atoms with van der Waals surface area (Å²) in [6.45, 7) is 4.83. The molecule has 0 fully saturated rings. The molecule has 0 unspecified atom stereocenters. The topological polar surface area (TPSA) is 52.5 Å². The molecule has 1 aromatic carbocycles. The number of fused-ring (bicyclic) bond motifs is 1. The number of aryl methyl sites for hydroxylation is 1. The number of benzene rings is 1. The van der Waals surface area contributed by atoms with Crippen LogP contribution in [0.3, 0.4) is 0 Å². The summed E-state index contributed by atoms with van der Waals surface area (Å²) in [5.74, 6) is 1.18. The van der Waals surface area contributed by atoms with E-state index in [0.29, 0.717) is 23.6 Å². The lowest BCUT2D eigenvalue weighted by Gasteiger charge is -2.06. The van der Waals surface area contributed by atoms with Gasteiger partial charge in [-0.05, 0) is 43.7 Å². The number of carbonyl (C=O) groups is 1. The van der Waals surface area contributed by atoms with Crippen molar-refractivity contribution in [3.8, 4) is 11.5 Å². The van der Waals surface area contributed by atoms with Crippen LogP contribution in [-0.2, 0) is 13.6 Å².